The predicted octanol–water partition coefficient (Wildman–Crippen LogP) is 1.95. The largest absolute Gasteiger partial charge is 0.466 e. The van der Waals surface area contributed by atoms with E-state index in [0.717, 1.165) is 23.4 Å². The number of piperidine rings is 1. The quantitative estimate of drug-likeness (QED) is 0.358. The third-order valence-electron chi connectivity index (χ3n) is 5.15. The number of thiazole rings is 1. The fourth-order valence-electron chi connectivity index (χ4n) is 3.42. The van der Waals surface area contributed by atoms with Crippen molar-refractivity contribution >= 4 is 35.0 Å². The fraction of sp³-hybridized carbons (Fsp3) is 0.409. The van der Waals surface area contributed by atoms with Crippen molar-refractivity contribution in [3.05, 3.63) is 51.7 Å². The molecule has 1 aromatic carbocycles. The van der Waals surface area contributed by atoms with Crippen LogP contribution in [-0.2, 0) is 25.5 Å². The molecule has 0 unspecified atom stereocenters. The minimum absolute atomic E-state index is 0.00202. The number of hydrogen-bond acceptors (Lipinski definition) is 7. The van der Waals surface area contributed by atoms with Crippen LogP contribution in [0.4, 0.5) is 4.39 Å². The maximum absolute atomic E-state index is 13.0. The number of ether oxygens (including phenoxy) is 1. The van der Waals surface area contributed by atoms with E-state index in [4.69, 9.17) is 0 Å². The molecule has 3 rings (SSSR count). The summed E-state index contributed by atoms with van der Waals surface area (Å²) in [6.07, 6.45) is 1.18. The zero-order valence-corrected chi connectivity index (χ0v) is 19.0. The van der Waals surface area contributed by atoms with Gasteiger partial charge in [-0.25, -0.2) is 9.37 Å². The number of rotatable bonds is 7. The lowest BCUT2D eigenvalue weighted by molar-refractivity contribution is -0.146. The second-order valence-corrected chi connectivity index (χ2v) is 8.40. The smallest absolute Gasteiger partial charge is 0.315 e. The monoisotopic (exact) mass is 476 g/mol. The van der Waals surface area contributed by atoms with Gasteiger partial charge in [-0.3, -0.25) is 30.0 Å². The number of esters is 1. The molecule has 0 spiro atoms. The van der Waals surface area contributed by atoms with E-state index in [0.29, 0.717) is 13.1 Å². The molecule has 9 nitrogen and oxygen atoms in total. The zero-order chi connectivity index (χ0) is 23.8. The molecular formula is C22H25FN4O5S. The van der Waals surface area contributed by atoms with Gasteiger partial charge in [-0.1, -0.05) is 12.1 Å². The molecule has 2 aromatic rings. The first-order chi connectivity index (χ1) is 15.9. The molecule has 2 heterocycles. The molecule has 1 aromatic heterocycles. The SMILES string of the molecule is CCOC(=O)CC(=O)NNC(=O)c1csc(C2CCN(C(=O)Cc3ccc(F)cc3)CC2)n1. The number of nitrogens with one attached hydrogen (secondary N) is 2. The molecular weight excluding hydrogens is 451 g/mol. The minimum atomic E-state index is -0.685. The van der Waals surface area contributed by atoms with Crippen molar-refractivity contribution in [3.63, 3.8) is 0 Å². The summed E-state index contributed by atoms with van der Waals surface area (Å²) in [5.74, 6) is -2.15. The molecule has 11 heteroatoms. The maximum atomic E-state index is 13.0. The Morgan fingerprint density at radius 1 is 1.15 bits per heavy atom. The second kappa shape index (κ2) is 11.5. The highest BCUT2D eigenvalue weighted by Gasteiger charge is 2.26. The van der Waals surface area contributed by atoms with Crippen LogP contribution in [-0.4, -0.2) is 53.3 Å². The lowest BCUT2D eigenvalue weighted by Gasteiger charge is -2.31. The summed E-state index contributed by atoms with van der Waals surface area (Å²) in [5, 5.41) is 2.40. The summed E-state index contributed by atoms with van der Waals surface area (Å²) in [5.41, 5.74) is 5.33. The van der Waals surface area contributed by atoms with Crippen molar-refractivity contribution in [1.82, 2.24) is 20.7 Å². The average Bonchev–Trinajstić information content (AvgIpc) is 3.30. The Bertz CT molecular complexity index is 1000. The fourth-order valence-corrected chi connectivity index (χ4v) is 4.39. The molecule has 0 aliphatic carbocycles. The molecule has 0 atom stereocenters. The number of halogens is 1. The van der Waals surface area contributed by atoms with E-state index in [-0.39, 0.29) is 36.4 Å². The minimum Gasteiger partial charge on any atom is -0.466 e. The van der Waals surface area contributed by atoms with Gasteiger partial charge < -0.3 is 9.64 Å². The Balaban J connectivity index is 1.45. The molecule has 1 aliphatic heterocycles. The maximum Gasteiger partial charge on any atom is 0.315 e. The first-order valence-electron chi connectivity index (χ1n) is 10.6. The number of amides is 3. The molecule has 2 N–H and O–H groups in total. The number of aromatic nitrogens is 1. The van der Waals surface area contributed by atoms with Crippen molar-refractivity contribution in [2.45, 2.75) is 38.5 Å². The van der Waals surface area contributed by atoms with E-state index in [2.05, 4.69) is 20.6 Å². The lowest BCUT2D eigenvalue weighted by atomic mass is 9.97. The Kier molecular flexibility index (Phi) is 8.47. The number of hydrogen-bond donors (Lipinski definition) is 2. The van der Waals surface area contributed by atoms with Gasteiger partial charge in [0.2, 0.25) is 11.8 Å². The topological polar surface area (TPSA) is 118 Å². The Hall–Kier alpha value is -3.34. The van der Waals surface area contributed by atoms with Gasteiger partial charge in [0.05, 0.1) is 18.0 Å². The molecule has 1 fully saturated rings. The molecule has 0 bridgehead atoms. The van der Waals surface area contributed by atoms with Crippen molar-refractivity contribution in [1.29, 1.82) is 0 Å². The van der Waals surface area contributed by atoms with Crippen LogP contribution < -0.4 is 10.9 Å². The molecule has 1 saturated heterocycles. The number of carbonyl (C=O) groups is 4. The van der Waals surface area contributed by atoms with Crippen molar-refractivity contribution in [2.24, 2.45) is 0 Å². The molecule has 0 radical (unpaired) electrons. The van der Waals surface area contributed by atoms with Crippen LogP contribution in [0.3, 0.4) is 0 Å². The van der Waals surface area contributed by atoms with Crippen LogP contribution in [0.1, 0.15) is 53.2 Å². The van der Waals surface area contributed by atoms with Gasteiger partial charge >= 0.3 is 5.97 Å². The molecule has 1 aliphatic rings. The van der Waals surface area contributed by atoms with E-state index in [1.54, 1.807) is 29.3 Å². The first-order valence-corrected chi connectivity index (χ1v) is 11.5. The van der Waals surface area contributed by atoms with Gasteiger partial charge in [0.15, 0.2) is 0 Å². The number of carbonyl (C=O) groups excluding carboxylic acids is 4. The predicted molar refractivity (Wildman–Crippen MR) is 118 cm³/mol. The highest BCUT2D eigenvalue weighted by atomic mass is 32.1. The molecule has 176 valence electrons. The Labute approximate surface area is 194 Å². The second-order valence-electron chi connectivity index (χ2n) is 7.51. The van der Waals surface area contributed by atoms with Crippen LogP contribution in [0.25, 0.3) is 0 Å². The van der Waals surface area contributed by atoms with Crippen molar-refractivity contribution < 1.29 is 28.3 Å². The van der Waals surface area contributed by atoms with Gasteiger partial charge in [-0.15, -0.1) is 11.3 Å². The van der Waals surface area contributed by atoms with Crippen molar-refractivity contribution in [2.75, 3.05) is 19.7 Å². The van der Waals surface area contributed by atoms with E-state index in [1.165, 1.54) is 23.5 Å². The highest BCUT2D eigenvalue weighted by Crippen LogP contribution is 2.30. The van der Waals surface area contributed by atoms with Gasteiger partial charge in [0, 0.05) is 24.4 Å². The van der Waals surface area contributed by atoms with Gasteiger partial charge in [-0.05, 0) is 37.5 Å². The summed E-state index contributed by atoms with van der Waals surface area (Å²) >= 11 is 1.35. The highest BCUT2D eigenvalue weighted by molar-refractivity contribution is 7.09. The zero-order valence-electron chi connectivity index (χ0n) is 18.1. The third-order valence-corrected chi connectivity index (χ3v) is 6.15. The van der Waals surface area contributed by atoms with E-state index in [1.807, 2.05) is 0 Å². The Morgan fingerprint density at radius 2 is 1.85 bits per heavy atom. The van der Waals surface area contributed by atoms with E-state index in [9.17, 15) is 23.6 Å². The van der Waals surface area contributed by atoms with Crippen molar-refractivity contribution in [3.8, 4) is 0 Å². The summed E-state index contributed by atoms with van der Waals surface area (Å²) in [6, 6.07) is 5.91. The van der Waals surface area contributed by atoms with E-state index >= 15 is 0 Å². The summed E-state index contributed by atoms with van der Waals surface area (Å²) in [7, 11) is 0. The average molecular weight is 477 g/mol. The number of nitrogens with zero attached hydrogens (tertiary/aromatic N) is 2. The third kappa shape index (κ3) is 7.07. The molecule has 0 saturated carbocycles. The number of likely N-dealkylation sites (tertiary alicyclic amines) is 1. The van der Waals surface area contributed by atoms with E-state index < -0.39 is 24.2 Å². The van der Waals surface area contributed by atoms with Crippen LogP contribution in [0.15, 0.2) is 29.6 Å². The summed E-state index contributed by atoms with van der Waals surface area (Å²) < 4.78 is 17.7. The Morgan fingerprint density at radius 3 is 2.52 bits per heavy atom. The number of benzene rings is 1. The van der Waals surface area contributed by atoms with Gasteiger partial charge in [0.25, 0.3) is 5.91 Å². The normalized spacial score (nSPS) is 13.9. The number of hydrazine groups is 1. The van der Waals surface area contributed by atoms with Crippen LogP contribution in [0, 0.1) is 5.82 Å². The van der Waals surface area contributed by atoms with Crippen LogP contribution in [0.2, 0.25) is 0 Å². The lowest BCUT2D eigenvalue weighted by Crippen LogP contribution is -2.42. The standard InChI is InChI=1S/C22H25FN4O5S/c1-2-32-20(30)12-18(28)25-26-21(31)17-13-33-22(24-17)15-7-9-27(10-8-15)19(29)11-14-3-5-16(23)6-4-14/h3-6,13,15H,2,7-12H2,1H3,(H,25,28)(H,26,31). The van der Waals surface area contributed by atoms with Gasteiger partial charge in [-0.2, -0.15) is 0 Å². The van der Waals surface area contributed by atoms with Crippen LogP contribution >= 0.6 is 11.3 Å². The molecule has 3 amide bonds. The summed E-state index contributed by atoms with van der Waals surface area (Å²) in [4.78, 5) is 53.8. The first kappa shape index (κ1) is 24.3. The summed E-state index contributed by atoms with van der Waals surface area (Å²) in [6.45, 7) is 2.96. The molecule has 33 heavy (non-hydrogen) atoms. The van der Waals surface area contributed by atoms with Gasteiger partial charge in [0.1, 0.15) is 17.9 Å². The van der Waals surface area contributed by atoms with Crippen LogP contribution in [0.5, 0.6) is 0 Å².